The fourth-order valence-corrected chi connectivity index (χ4v) is 2.03. The van der Waals surface area contributed by atoms with Crippen molar-refractivity contribution in [1.82, 2.24) is 9.55 Å². The average Bonchev–Trinajstić information content (AvgIpc) is 2.66. The monoisotopic (exact) mass is 463 g/mol. The topological polar surface area (TPSA) is 190 Å². The number of nitrogens with two attached hydrogens (primary N) is 2. The maximum Gasteiger partial charge on any atom is 0.490 e. The molecule has 1 unspecified atom stereocenters. The van der Waals surface area contributed by atoms with Gasteiger partial charge in [0.1, 0.15) is 0 Å². The van der Waals surface area contributed by atoms with E-state index >= 15 is 0 Å². The third-order valence-corrected chi connectivity index (χ3v) is 3.54. The van der Waals surface area contributed by atoms with Crippen LogP contribution in [0, 0.1) is 5.82 Å². The molecule has 2 aromatic rings. The number of nitrogens with one attached hydrogen (secondary N) is 2. The van der Waals surface area contributed by atoms with Gasteiger partial charge in [-0.15, -0.1) is 0 Å². The van der Waals surface area contributed by atoms with Crippen molar-refractivity contribution in [2.45, 2.75) is 25.2 Å². The second kappa shape index (κ2) is 10.9. The van der Waals surface area contributed by atoms with E-state index in [1.807, 2.05) is 4.98 Å². The minimum atomic E-state index is -5.08. The number of carbonyl (C=O) groups excluding carboxylic acids is 2. The predicted molar refractivity (Wildman–Crippen MR) is 101 cm³/mol. The summed E-state index contributed by atoms with van der Waals surface area (Å²) < 4.78 is 46.0. The zero-order valence-electron chi connectivity index (χ0n) is 16.0. The number of anilines is 1. The quantitative estimate of drug-likeness (QED) is 0.357. The first-order valence-corrected chi connectivity index (χ1v) is 8.43. The van der Waals surface area contributed by atoms with Crippen LogP contribution in [-0.4, -0.2) is 44.7 Å². The van der Waals surface area contributed by atoms with Gasteiger partial charge in [-0.05, 0) is 17.7 Å². The van der Waals surface area contributed by atoms with Gasteiger partial charge in [-0.25, -0.2) is 9.59 Å². The van der Waals surface area contributed by atoms with E-state index in [2.05, 4.69) is 5.32 Å². The number of amides is 2. The number of halogens is 4. The number of primary amides is 1. The van der Waals surface area contributed by atoms with Crippen molar-refractivity contribution >= 4 is 23.5 Å². The van der Waals surface area contributed by atoms with Crippen molar-refractivity contribution in [2.24, 2.45) is 11.5 Å². The summed E-state index contributed by atoms with van der Waals surface area (Å²) in [6.45, 7) is 0.0297. The van der Waals surface area contributed by atoms with Crippen molar-refractivity contribution in [2.75, 3.05) is 5.32 Å². The van der Waals surface area contributed by atoms with E-state index in [9.17, 15) is 36.7 Å². The molecule has 0 saturated heterocycles. The fraction of sp³-hybridized carbons (Fsp3) is 0.235. The van der Waals surface area contributed by atoms with Gasteiger partial charge in [0.2, 0.25) is 17.6 Å². The molecule has 0 aliphatic carbocycles. The van der Waals surface area contributed by atoms with Gasteiger partial charge in [0.15, 0.2) is 0 Å². The van der Waals surface area contributed by atoms with Crippen LogP contribution >= 0.6 is 0 Å². The zero-order chi connectivity index (χ0) is 24.6. The molecule has 15 heteroatoms. The Hall–Kier alpha value is -4.01. The van der Waals surface area contributed by atoms with Gasteiger partial charge in [-0.1, -0.05) is 12.1 Å². The fourth-order valence-electron chi connectivity index (χ4n) is 2.03. The summed E-state index contributed by atoms with van der Waals surface area (Å²) in [5, 5.41) is 9.64. The minimum absolute atomic E-state index is 0.0297. The largest absolute Gasteiger partial charge is 0.490 e. The van der Waals surface area contributed by atoms with Crippen LogP contribution in [0.25, 0.3) is 0 Å². The number of aliphatic carboxylic acids is 1. The van der Waals surface area contributed by atoms with E-state index in [0.29, 0.717) is 11.3 Å². The van der Waals surface area contributed by atoms with Crippen LogP contribution in [0.1, 0.15) is 12.0 Å². The first-order chi connectivity index (χ1) is 14.7. The minimum Gasteiger partial charge on any atom is -0.475 e. The molecule has 0 aliphatic heterocycles. The zero-order valence-corrected chi connectivity index (χ0v) is 16.0. The molecule has 1 heterocycles. The lowest BCUT2D eigenvalue weighted by atomic mass is 10.1. The van der Waals surface area contributed by atoms with E-state index in [-0.39, 0.29) is 13.0 Å². The first-order valence-electron chi connectivity index (χ1n) is 8.43. The molecule has 2 rings (SSSR count). The molecule has 11 nitrogen and oxygen atoms in total. The van der Waals surface area contributed by atoms with Crippen molar-refractivity contribution in [3.05, 3.63) is 62.7 Å². The summed E-state index contributed by atoms with van der Waals surface area (Å²) in [5.74, 6) is -5.07. The van der Waals surface area contributed by atoms with Gasteiger partial charge in [0, 0.05) is 5.69 Å². The molecule has 0 radical (unpaired) electrons. The molecule has 1 aromatic heterocycles. The molecule has 32 heavy (non-hydrogen) atoms. The number of carboxylic acids is 1. The van der Waals surface area contributed by atoms with Crippen LogP contribution in [0.15, 0.2) is 40.1 Å². The highest BCUT2D eigenvalue weighted by Crippen LogP contribution is 2.13. The van der Waals surface area contributed by atoms with Crippen molar-refractivity contribution < 1.29 is 37.1 Å². The van der Waals surface area contributed by atoms with Gasteiger partial charge in [-0.2, -0.15) is 17.6 Å². The Morgan fingerprint density at radius 1 is 1.16 bits per heavy atom. The van der Waals surface area contributed by atoms with Gasteiger partial charge >= 0.3 is 17.8 Å². The Kier molecular flexibility index (Phi) is 8.82. The molecule has 7 N–H and O–H groups in total. The Balaban J connectivity index is 0.000000633. The highest BCUT2D eigenvalue weighted by atomic mass is 19.4. The molecule has 0 fully saturated rings. The van der Waals surface area contributed by atoms with E-state index in [1.165, 1.54) is 0 Å². The Labute approximate surface area is 175 Å². The maximum atomic E-state index is 13.2. The summed E-state index contributed by atoms with van der Waals surface area (Å²) in [6, 6.07) is 5.25. The van der Waals surface area contributed by atoms with Crippen LogP contribution in [0.3, 0.4) is 0 Å². The van der Waals surface area contributed by atoms with E-state index < -0.39 is 47.1 Å². The van der Waals surface area contributed by atoms with Crippen LogP contribution in [0.2, 0.25) is 0 Å². The molecular weight excluding hydrogens is 446 g/mol. The van der Waals surface area contributed by atoms with Gasteiger partial charge in [0.25, 0.3) is 5.56 Å². The molecule has 174 valence electrons. The molecule has 1 aromatic carbocycles. The van der Waals surface area contributed by atoms with Gasteiger partial charge in [-0.3, -0.25) is 23.9 Å². The second-order valence-electron chi connectivity index (χ2n) is 6.13. The normalized spacial score (nSPS) is 11.7. The molecule has 0 saturated carbocycles. The number of H-pyrrole nitrogens is 1. The lowest BCUT2D eigenvalue weighted by Gasteiger charge is -2.11. The number of carbonyl (C=O) groups is 3. The number of nitrogens with zero attached hydrogens (tertiary/aromatic N) is 1. The summed E-state index contributed by atoms with van der Waals surface area (Å²) in [6.07, 6.45) is -4.54. The van der Waals surface area contributed by atoms with Gasteiger partial charge in [0.05, 0.1) is 25.2 Å². The number of aromatic nitrogens is 2. The Morgan fingerprint density at radius 2 is 1.69 bits per heavy atom. The molecule has 0 bridgehead atoms. The average molecular weight is 463 g/mol. The lowest BCUT2D eigenvalue weighted by Crippen LogP contribution is -2.38. The molecule has 0 spiro atoms. The number of benzene rings is 1. The number of alkyl halides is 3. The lowest BCUT2D eigenvalue weighted by molar-refractivity contribution is -0.192. The van der Waals surface area contributed by atoms with E-state index in [0.717, 1.165) is 10.8 Å². The third kappa shape index (κ3) is 8.39. The first kappa shape index (κ1) is 26.0. The third-order valence-electron chi connectivity index (χ3n) is 3.54. The second-order valence-corrected chi connectivity index (χ2v) is 6.13. The molecular formula is C17H17F4N5O6. The number of aromatic amines is 1. The number of carboxylic acid groups (broad SMARTS) is 1. The summed E-state index contributed by atoms with van der Waals surface area (Å²) >= 11 is 0. The number of hydrogen-bond donors (Lipinski definition) is 5. The van der Waals surface area contributed by atoms with Crippen LogP contribution in [-0.2, 0) is 20.9 Å². The Morgan fingerprint density at radius 3 is 2.16 bits per heavy atom. The van der Waals surface area contributed by atoms with Crippen molar-refractivity contribution in [3.8, 4) is 0 Å². The number of hydrogen-bond acceptors (Lipinski definition) is 6. The maximum absolute atomic E-state index is 13.2. The van der Waals surface area contributed by atoms with Crippen LogP contribution in [0.4, 0.5) is 23.2 Å². The van der Waals surface area contributed by atoms with Crippen LogP contribution < -0.4 is 28.0 Å². The molecule has 2 amide bonds. The summed E-state index contributed by atoms with van der Waals surface area (Å²) in [4.78, 5) is 55.9. The van der Waals surface area contributed by atoms with Crippen molar-refractivity contribution in [1.29, 1.82) is 0 Å². The molecule has 0 aliphatic rings. The SMILES string of the molecule is NC(=O)CC(N)C(=O)Nc1ccc(Cn2cc(F)c(=O)[nH]c2=O)cc1.O=C(O)C(F)(F)F. The highest BCUT2D eigenvalue weighted by molar-refractivity contribution is 5.97. The number of rotatable bonds is 6. The van der Waals surface area contributed by atoms with E-state index in [1.54, 1.807) is 24.3 Å². The predicted octanol–water partition coefficient (Wildman–Crippen LogP) is -0.501. The van der Waals surface area contributed by atoms with Gasteiger partial charge < -0.3 is 21.9 Å². The summed E-state index contributed by atoms with van der Waals surface area (Å²) in [5.41, 5.74) is 9.74. The highest BCUT2D eigenvalue weighted by Gasteiger charge is 2.38. The summed E-state index contributed by atoms with van der Waals surface area (Å²) in [7, 11) is 0. The smallest absolute Gasteiger partial charge is 0.475 e. The van der Waals surface area contributed by atoms with Crippen molar-refractivity contribution in [3.63, 3.8) is 0 Å². The van der Waals surface area contributed by atoms with E-state index in [4.69, 9.17) is 21.4 Å². The Bertz CT molecular complexity index is 1090. The standard InChI is InChI=1S/C15H16FN5O4.C2HF3O2/c16-10-7-21(15(25)20-13(10)23)6-8-1-3-9(4-2-8)19-14(24)11(17)5-12(18)22;3-2(4,5)1(6)7/h1-4,7,11H,5-6,17H2,(H2,18,22)(H,19,24)(H,20,23,25);(H,6,7). The van der Waals surface area contributed by atoms with Crippen LogP contribution in [0.5, 0.6) is 0 Å². The molecule has 1 atom stereocenters.